The van der Waals surface area contributed by atoms with Gasteiger partial charge in [-0.3, -0.25) is 0 Å². The summed E-state index contributed by atoms with van der Waals surface area (Å²) in [5.41, 5.74) is 4.14. The lowest BCUT2D eigenvalue weighted by atomic mass is 9.98. The van der Waals surface area contributed by atoms with Crippen molar-refractivity contribution < 1.29 is 8.42 Å². The van der Waals surface area contributed by atoms with Gasteiger partial charge in [-0.2, -0.15) is 5.26 Å². The topological polar surface area (TPSA) is 70.0 Å². The zero-order chi connectivity index (χ0) is 19.2. The van der Waals surface area contributed by atoms with Gasteiger partial charge >= 0.3 is 0 Å². The van der Waals surface area contributed by atoms with Crippen molar-refractivity contribution in [2.24, 2.45) is 0 Å². The number of sulfonamides is 1. The first kappa shape index (κ1) is 19.9. The molecule has 0 aliphatic carbocycles. The summed E-state index contributed by atoms with van der Waals surface area (Å²) in [6.45, 7) is 8.03. The van der Waals surface area contributed by atoms with Crippen LogP contribution in [0.2, 0.25) is 0 Å². The molecular formula is C21H24N2O2S. The maximum atomic E-state index is 12.4. The molecule has 0 amide bonds. The van der Waals surface area contributed by atoms with Gasteiger partial charge in [-0.15, -0.1) is 6.58 Å². The van der Waals surface area contributed by atoms with Gasteiger partial charge in [0.1, 0.15) is 0 Å². The molecule has 0 aliphatic rings. The van der Waals surface area contributed by atoms with E-state index in [1.54, 1.807) is 12.1 Å². The van der Waals surface area contributed by atoms with E-state index in [1.165, 1.54) is 11.6 Å². The van der Waals surface area contributed by atoms with Crippen LogP contribution in [0.25, 0.3) is 11.1 Å². The monoisotopic (exact) mass is 368 g/mol. The maximum absolute atomic E-state index is 12.4. The second kappa shape index (κ2) is 8.79. The summed E-state index contributed by atoms with van der Waals surface area (Å²) in [7, 11) is -3.64. The number of nitrogens with zero attached hydrogens (tertiary/aromatic N) is 1. The van der Waals surface area contributed by atoms with Gasteiger partial charge < -0.3 is 0 Å². The predicted octanol–water partition coefficient (Wildman–Crippen LogP) is 4.42. The summed E-state index contributed by atoms with van der Waals surface area (Å²) in [6.07, 6.45) is 2.67. The lowest BCUT2D eigenvalue weighted by molar-refractivity contribution is 0.581. The van der Waals surface area contributed by atoms with Gasteiger partial charge in [0.05, 0.1) is 16.5 Å². The molecule has 0 atom stereocenters. The van der Waals surface area contributed by atoms with Crippen molar-refractivity contribution in [1.82, 2.24) is 4.72 Å². The van der Waals surface area contributed by atoms with Crippen molar-refractivity contribution in [3.05, 3.63) is 65.7 Å². The molecular weight excluding hydrogens is 344 g/mol. The number of benzene rings is 2. The van der Waals surface area contributed by atoms with Crippen molar-refractivity contribution in [2.75, 3.05) is 6.54 Å². The molecule has 26 heavy (non-hydrogen) atoms. The van der Waals surface area contributed by atoms with Crippen molar-refractivity contribution >= 4 is 10.0 Å². The Morgan fingerprint density at radius 1 is 1.19 bits per heavy atom. The summed E-state index contributed by atoms with van der Waals surface area (Å²) in [5.74, 6) is 0. The van der Waals surface area contributed by atoms with Crippen LogP contribution in [0.5, 0.6) is 0 Å². The van der Waals surface area contributed by atoms with E-state index in [1.807, 2.05) is 31.2 Å². The SMILES string of the molecule is C=C(C)CCNS(=O)(=O)c1ccc(-c2ccc(CCC)cc2)c(C#N)c1. The first-order chi connectivity index (χ1) is 12.4. The molecule has 2 aromatic carbocycles. The van der Waals surface area contributed by atoms with Crippen molar-refractivity contribution in [3.8, 4) is 17.2 Å². The second-order valence-electron chi connectivity index (χ2n) is 6.37. The average molecular weight is 369 g/mol. The average Bonchev–Trinajstić information content (AvgIpc) is 2.61. The molecule has 4 nitrogen and oxygen atoms in total. The first-order valence-corrected chi connectivity index (χ1v) is 10.1. The van der Waals surface area contributed by atoms with Gasteiger partial charge in [0, 0.05) is 6.54 Å². The van der Waals surface area contributed by atoms with E-state index in [9.17, 15) is 13.7 Å². The van der Waals surface area contributed by atoms with E-state index in [2.05, 4.69) is 24.3 Å². The third-order valence-corrected chi connectivity index (χ3v) is 5.53. The number of hydrogen-bond acceptors (Lipinski definition) is 3. The molecule has 0 radical (unpaired) electrons. The quantitative estimate of drug-likeness (QED) is 0.701. The minimum Gasteiger partial charge on any atom is -0.211 e. The third kappa shape index (κ3) is 5.04. The molecule has 0 aromatic heterocycles. The normalized spacial score (nSPS) is 11.1. The second-order valence-corrected chi connectivity index (χ2v) is 8.14. The Morgan fingerprint density at radius 3 is 2.46 bits per heavy atom. The summed E-state index contributed by atoms with van der Waals surface area (Å²) in [6, 6.07) is 14.8. The molecule has 5 heteroatoms. The smallest absolute Gasteiger partial charge is 0.211 e. The van der Waals surface area contributed by atoms with Crippen LogP contribution in [-0.4, -0.2) is 15.0 Å². The van der Waals surface area contributed by atoms with E-state index >= 15 is 0 Å². The molecule has 2 aromatic rings. The Hall–Kier alpha value is -2.42. The van der Waals surface area contributed by atoms with E-state index < -0.39 is 10.0 Å². The number of rotatable bonds is 8. The van der Waals surface area contributed by atoms with Crippen LogP contribution in [0, 0.1) is 11.3 Å². The fourth-order valence-corrected chi connectivity index (χ4v) is 3.71. The first-order valence-electron chi connectivity index (χ1n) is 8.65. The number of nitrogens with one attached hydrogen (secondary N) is 1. The molecule has 2 rings (SSSR count). The molecule has 0 spiro atoms. The number of nitriles is 1. The Bertz CT molecular complexity index is 923. The lowest BCUT2D eigenvalue weighted by Crippen LogP contribution is -2.25. The highest BCUT2D eigenvalue weighted by atomic mass is 32.2. The van der Waals surface area contributed by atoms with E-state index in [0.717, 1.165) is 29.5 Å². The van der Waals surface area contributed by atoms with Crippen molar-refractivity contribution in [2.45, 2.75) is 38.0 Å². The van der Waals surface area contributed by atoms with Crippen molar-refractivity contribution in [3.63, 3.8) is 0 Å². The number of hydrogen-bond donors (Lipinski definition) is 1. The summed E-state index contributed by atoms with van der Waals surface area (Å²) < 4.78 is 27.3. The van der Waals surface area contributed by atoms with Gasteiger partial charge in [0.25, 0.3) is 0 Å². The summed E-state index contributed by atoms with van der Waals surface area (Å²) in [5, 5.41) is 9.48. The van der Waals surface area contributed by atoms with Gasteiger partial charge in [0.15, 0.2) is 0 Å². The largest absolute Gasteiger partial charge is 0.240 e. The Morgan fingerprint density at radius 2 is 1.88 bits per heavy atom. The van der Waals surface area contributed by atoms with E-state index in [0.29, 0.717) is 18.5 Å². The van der Waals surface area contributed by atoms with Crippen LogP contribution in [-0.2, 0) is 16.4 Å². The zero-order valence-electron chi connectivity index (χ0n) is 15.2. The lowest BCUT2D eigenvalue weighted by Gasteiger charge is -2.10. The van der Waals surface area contributed by atoms with Crippen LogP contribution < -0.4 is 4.72 Å². The van der Waals surface area contributed by atoms with E-state index in [4.69, 9.17) is 0 Å². The fraction of sp³-hybridized carbons (Fsp3) is 0.286. The minimum absolute atomic E-state index is 0.0992. The van der Waals surface area contributed by atoms with Gasteiger partial charge in [-0.1, -0.05) is 49.2 Å². The molecule has 0 unspecified atom stereocenters. The van der Waals surface area contributed by atoms with Gasteiger partial charge in [-0.05, 0) is 48.6 Å². The van der Waals surface area contributed by atoms with Gasteiger partial charge in [-0.25, -0.2) is 13.1 Å². The standard InChI is InChI=1S/C21H24N2O2S/c1-4-5-17-6-8-18(9-7-17)21-11-10-20(14-19(21)15-22)26(24,25)23-13-12-16(2)3/h6-11,14,23H,2,4-5,12-13H2,1,3H3. The highest BCUT2D eigenvalue weighted by Crippen LogP contribution is 2.26. The van der Waals surface area contributed by atoms with Crippen LogP contribution in [0.15, 0.2) is 59.5 Å². The molecule has 0 heterocycles. The zero-order valence-corrected chi connectivity index (χ0v) is 16.1. The molecule has 0 saturated carbocycles. The predicted molar refractivity (Wildman–Crippen MR) is 105 cm³/mol. The highest BCUT2D eigenvalue weighted by Gasteiger charge is 2.16. The summed E-state index contributed by atoms with van der Waals surface area (Å²) >= 11 is 0. The summed E-state index contributed by atoms with van der Waals surface area (Å²) in [4.78, 5) is 0.0992. The third-order valence-electron chi connectivity index (χ3n) is 4.07. The minimum atomic E-state index is -3.64. The van der Waals surface area contributed by atoms with Crippen LogP contribution in [0.1, 0.15) is 37.8 Å². The highest BCUT2D eigenvalue weighted by molar-refractivity contribution is 7.89. The Balaban J connectivity index is 2.29. The fourth-order valence-electron chi connectivity index (χ4n) is 2.66. The molecule has 0 saturated heterocycles. The van der Waals surface area contributed by atoms with Crippen LogP contribution in [0.4, 0.5) is 0 Å². The molecule has 0 aliphatic heterocycles. The molecule has 0 bridgehead atoms. The van der Waals surface area contributed by atoms with Crippen LogP contribution in [0.3, 0.4) is 0 Å². The Kier molecular flexibility index (Phi) is 6.73. The molecule has 136 valence electrons. The molecule has 1 N–H and O–H groups in total. The number of aryl methyl sites for hydroxylation is 1. The van der Waals surface area contributed by atoms with Gasteiger partial charge in [0.2, 0.25) is 10.0 Å². The Labute approximate surface area is 156 Å². The maximum Gasteiger partial charge on any atom is 0.240 e. The van der Waals surface area contributed by atoms with Crippen molar-refractivity contribution in [1.29, 1.82) is 5.26 Å². The van der Waals surface area contributed by atoms with E-state index in [-0.39, 0.29) is 4.90 Å². The van der Waals surface area contributed by atoms with Crippen LogP contribution >= 0.6 is 0 Å². The molecule has 0 fully saturated rings.